The Kier molecular flexibility index (Phi) is 5.91. The Morgan fingerprint density at radius 1 is 1.15 bits per heavy atom. The number of aromatic nitrogens is 1. The summed E-state index contributed by atoms with van der Waals surface area (Å²) in [7, 11) is 0. The first-order chi connectivity index (χ1) is 16.3. The van der Waals surface area contributed by atoms with Gasteiger partial charge in [-0.05, 0) is 49.7 Å². The molecule has 5 rings (SSSR count). The Hall–Kier alpha value is -2.82. The number of nitrogens with zero attached hydrogens (tertiary/aromatic N) is 2. The third-order valence-electron chi connectivity index (χ3n) is 5.47. The Balaban J connectivity index is 1.75. The second kappa shape index (κ2) is 8.75. The highest BCUT2D eigenvalue weighted by Gasteiger charge is 2.45. The number of thiazole rings is 1. The van der Waals surface area contributed by atoms with Crippen molar-refractivity contribution in [2.45, 2.75) is 19.9 Å². The minimum atomic E-state index is -0.768. The lowest BCUT2D eigenvalue weighted by molar-refractivity contribution is 0.0531. The topological polar surface area (TPSA) is 89.7 Å². The predicted octanol–water partition coefficient (Wildman–Crippen LogP) is 6.01. The molecule has 3 heterocycles. The number of carbonyl (C=O) groups excluding carboxylic acids is 2. The molecule has 2 aromatic heterocycles. The zero-order chi connectivity index (χ0) is 24.1. The van der Waals surface area contributed by atoms with E-state index in [9.17, 15) is 14.4 Å². The molecule has 0 saturated heterocycles. The molecule has 1 aliphatic heterocycles. The van der Waals surface area contributed by atoms with Gasteiger partial charge in [0.1, 0.15) is 10.5 Å². The SMILES string of the molecule is CCOC(=O)c1sc(N2C(=O)c3oc4ccc(Br)cc4c(=O)c3C2c2ccc(Br)cc2)nc1C. The molecule has 0 fully saturated rings. The van der Waals surface area contributed by atoms with Gasteiger partial charge in [-0.2, -0.15) is 0 Å². The standard InChI is InChI=1S/C24H16Br2N2O5S/c1-3-32-23(31)21-11(2)27-24(34-21)28-18(12-4-6-13(25)7-5-12)17-19(29)15-10-14(26)8-9-16(15)33-20(17)22(28)30/h4-10,18H,3H2,1-2H3. The summed E-state index contributed by atoms with van der Waals surface area (Å²) in [6.07, 6.45) is 0. The minimum absolute atomic E-state index is 0.0294. The van der Waals surface area contributed by atoms with Crippen LogP contribution in [0.2, 0.25) is 0 Å². The van der Waals surface area contributed by atoms with Crippen LogP contribution in [-0.4, -0.2) is 23.5 Å². The largest absolute Gasteiger partial charge is 0.462 e. The normalized spacial score (nSPS) is 15.1. The van der Waals surface area contributed by atoms with Crippen molar-refractivity contribution in [2.24, 2.45) is 0 Å². The maximum Gasteiger partial charge on any atom is 0.350 e. The van der Waals surface area contributed by atoms with Gasteiger partial charge in [0.15, 0.2) is 10.6 Å². The van der Waals surface area contributed by atoms with Gasteiger partial charge in [0.05, 0.1) is 29.3 Å². The zero-order valence-corrected chi connectivity index (χ0v) is 21.9. The van der Waals surface area contributed by atoms with E-state index in [1.54, 1.807) is 32.0 Å². The lowest BCUT2D eigenvalue weighted by atomic mass is 9.99. The summed E-state index contributed by atoms with van der Waals surface area (Å²) in [6.45, 7) is 3.63. The monoisotopic (exact) mass is 602 g/mol. The van der Waals surface area contributed by atoms with E-state index in [2.05, 4.69) is 36.8 Å². The molecule has 0 saturated carbocycles. The van der Waals surface area contributed by atoms with Crippen LogP contribution in [0.3, 0.4) is 0 Å². The molecule has 1 aliphatic rings. The number of anilines is 1. The summed E-state index contributed by atoms with van der Waals surface area (Å²) in [5.74, 6) is -1.02. The van der Waals surface area contributed by atoms with Crippen LogP contribution in [0.25, 0.3) is 11.0 Å². The first kappa shape index (κ1) is 22.9. The fourth-order valence-electron chi connectivity index (χ4n) is 3.97. The van der Waals surface area contributed by atoms with Crippen LogP contribution in [-0.2, 0) is 4.74 Å². The smallest absolute Gasteiger partial charge is 0.350 e. The van der Waals surface area contributed by atoms with Gasteiger partial charge in [0, 0.05) is 8.95 Å². The van der Waals surface area contributed by atoms with Crippen molar-refractivity contribution in [1.29, 1.82) is 0 Å². The van der Waals surface area contributed by atoms with Crippen molar-refractivity contribution in [1.82, 2.24) is 4.98 Å². The van der Waals surface area contributed by atoms with E-state index < -0.39 is 17.9 Å². The quantitative estimate of drug-likeness (QED) is 0.265. The summed E-state index contributed by atoms with van der Waals surface area (Å²) >= 11 is 7.88. The highest BCUT2D eigenvalue weighted by Crippen LogP contribution is 2.43. The highest BCUT2D eigenvalue weighted by molar-refractivity contribution is 9.10. The molecule has 34 heavy (non-hydrogen) atoms. The van der Waals surface area contributed by atoms with E-state index >= 15 is 0 Å². The summed E-state index contributed by atoms with van der Waals surface area (Å²) in [5.41, 5.74) is 1.43. The van der Waals surface area contributed by atoms with Crippen molar-refractivity contribution in [3.05, 3.63) is 89.1 Å². The van der Waals surface area contributed by atoms with E-state index in [4.69, 9.17) is 9.15 Å². The fraction of sp³-hybridized carbons (Fsp3) is 0.167. The van der Waals surface area contributed by atoms with Gasteiger partial charge >= 0.3 is 5.97 Å². The van der Waals surface area contributed by atoms with Crippen molar-refractivity contribution < 1.29 is 18.7 Å². The maximum absolute atomic E-state index is 13.7. The molecule has 1 unspecified atom stereocenters. The van der Waals surface area contributed by atoms with Gasteiger partial charge in [-0.15, -0.1) is 0 Å². The van der Waals surface area contributed by atoms with Gasteiger partial charge in [0.2, 0.25) is 5.76 Å². The van der Waals surface area contributed by atoms with Gasteiger partial charge in [-0.1, -0.05) is 55.3 Å². The summed E-state index contributed by atoms with van der Waals surface area (Å²) < 4.78 is 12.7. The number of halogens is 2. The number of amides is 1. The second-order valence-corrected chi connectivity index (χ2v) is 10.4. The Labute approximate surface area is 214 Å². The van der Waals surface area contributed by atoms with Crippen LogP contribution in [0, 0.1) is 6.92 Å². The van der Waals surface area contributed by atoms with Gasteiger partial charge in [-0.3, -0.25) is 14.5 Å². The lowest BCUT2D eigenvalue weighted by Crippen LogP contribution is -2.29. The zero-order valence-electron chi connectivity index (χ0n) is 17.9. The number of hydrogen-bond donors (Lipinski definition) is 0. The number of hydrogen-bond acceptors (Lipinski definition) is 7. The minimum Gasteiger partial charge on any atom is -0.462 e. The number of carbonyl (C=O) groups is 2. The molecule has 172 valence electrons. The number of fused-ring (bicyclic) bond motifs is 2. The second-order valence-electron chi connectivity index (χ2n) is 7.58. The molecule has 0 spiro atoms. The highest BCUT2D eigenvalue weighted by atomic mass is 79.9. The van der Waals surface area contributed by atoms with Crippen molar-refractivity contribution in [3.63, 3.8) is 0 Å². The Morgan fingerprint density at radius 3 is 2.56 bits per heavy atom. The fourth-order valence-corrected chi connectivity index (χ4v) is 5.59. The van der Waals surface area contributed by atoms with Gasteiger partial charge in [-0.25, -0.2) is 9.78 Å². The molecule has 7 nitrogen and oxygen atoms in total. The van der Waals surface area contributed by atoms with Crippen LogP contribution in [0.4, 0.5) is 5.13 Å². The van der Waals surface area contributed by atoms with Crippen molar-refractivity contribution in [2.75, 3.05) is 11.5 Å². The van der Waals surface area contributed by atoms with Gasteiger partial charge < -0.3 is 9.15 Å². The van der Waals surface area contributed by atoms with Crippen LogP contribution >= 0.6 is 43.2 Å². The summed E-state index contributed by atoms with van der Waals surface area (Å²) in [5, 5.41) is 0.655. The van der Waals surface area contributed by atoms with Crippen LogP contribution in [0.15, 0.2) is 60.6 Å². The molecule has 0 bridgehead atoms. The third kappa shape index (κ3) is 3.70. The number of aryl methyl sites for hydroxylation is 1. The number of esters is 1. The van der Waals surface area contributed by atoms with Crippen LogP contribution < -0.4 is 10.3 Å². The Bertz CT molecular complexity index is 1530. The molecular weight excluding hydrogens is 588 g/mol. The third-order valence-corrected chi connectivity index (χ3v) is 7.63. The van der Waals surface area contributed by atoms with Crippen LogP contribution in [0.5, 0.6) is 0 Å². The summed E-state index contributed by atoms with van der Waals surface area (Å²) in [6, 6.07) is 11.7. The molecule has 0 N–H and O–H groups in total. The molecular formula is C24H16Br2N2O5S. The average molecular weight is 604 g/mol. The lowest BCUT2D eigenvalue weighted by Gasteiger charge is -2.22. The molecule has 2 aromatic carbocycles. The van der Waals surface area contributed by atoms with Gasteiger partial charge in [0.25, 0.3) is 5.91 Å². The predicted molar refractivity (Wildman–Crippen MR) is 136 cm³/mol. The van der Waals surface area contributed by atoms with E-state index in [1.165, 1.54) is 4.90 Å². The molecule has 4 aromatic rings. The van der Waals surface area contributed by atoms with E-state index in [0.717, 1.165) is 20.3 Å². The van der Waals surface area contributed by atoms with E-state index in [1.807, 2.05) is 24.3 Å². The van der Waals surface area contributed by atoms with Crippen LogP contribution in [0.1, 0.15) is 50.0 Å². The number of rotatable bonds is 4. The first-order valence-electron chi connectivity index (χ1n) is 10.3. The molecule has 0 aliphatic carbocycles. The molecule has 1 amide bonds. The summed E-state index contributed by atoms with van der Waals surface area (Å²) in [4.78, 5) is 45.9. The molecule has 10 heteroatoms. The van der Waals surface area contributed by atoms with E-state index in [0.29, 0.717) is 27.1 Å². The van der Waals surface area contributed by atoms with Crippen molar-refractivity contribution in [3.8, 4) is 0 Å². The maximum atomic E-state index is 13.7. The van der Waals surface area contributed by atoms with E-state index in [-0.39, 0.29) is 28.5 Å². The average Bonchev–Trinajstić information content (AvgIpc) is 3.33. The number of ether oxygens (including phenoxy) is 1. The Morgan fingerprint density at radius 2 is 1.85 bits per heavy atom. The van der Waals surface area contributed by atoms with Crippen molar-refractivity contribution >= 4 is 71.2 Å². The molecule has 0 radical (unpaired) electrons. The number of benzene rings is 2. The first-order valence-corrected chi connectivity index (χ1v) is 12.7. The molecule has 1 atom stereocenters.